The van der Waals surface area contributed by atoms with Crippen LogP contribution in [-0.2, 0) is 30.3 Å². The molecule has 3 atom stereocenters. The molecular weight excluding hydrogens is 551 g/mol. The second kappa shape index (κ2) is 16.2. The fourth-order valence-electron chi connectivity index (χ4n) is 3.41. The van der Waals surface area contributed by atoms with Crippen molar-refractivity contribution in [1.29, 1.82) is 0 Å². The third kappa shape index (κ3) is 13.2. The highest BCUT2D eigenvalue weighted by atomic mass is 35.5. The van der Waals surface area contributed by atoms with Crippen LogP contribution >= 0.6 is 35.8 Å². The van der Waals surface area contributed by atoms with E-state index in [4.69, 9.17) is 33.7 Å². The molecule has 0 saturated heterocycles. The van der Waals surface area contributed by atoms with Crippen LogP contribution < -0.4 is 21.7 Å². The maximum Gasteiger partial charge on any atom is 0.306 e. The van der Waals surface area contributed by atoms with Crippen molar-refractivity contribution in [3.05, 3.63) is 33.8 Å². The van der Waals surface area contributed by atoms with Gasteiger partial charge < -0.3 is 26.4 Å². The Labute approximate surface area is 240 Å². The lowest BCUT2D eigenvalue weighted by Gasteiger charge is -2.25. The summed E-state index contributed by atoms with van der Waals surface area (Å²) in [6, 6.07) is 2.29. The molecule has 12 heteroatoms. The summed E-state index contributed by atoms with van der Waals surface area (Å²) in [5.41, 5.74) is 6.15. The second-order valence-electron chi connectivity index (χ2n) is 10.4. The fourth-order valence-corrected chi connectivity index (χ4v) is 4.17. The van der Waals surface area contributed by atoms with E-state index in [-0.39, 0.29) is 24.5 Å². The van der Waals surface area contributed by atoms with Crippen molar-refractivity contribution in [2.45, 2.75) is 84.0 Å². The van der Waals surface area contributed by atoms with E-state index >= 15 is 0 Å². The Hall–Kier alpha value is -2.01. The van der Waals surface area contributed by atoms with Crippen molar-refractivity contribution >= 4 is 59.5 Å². The van der Waals surface area contributed by atoms with Crippen LogP contribution in [0.3, 0.4) is 0 Å². The molecule has 1 rings (SSSR count). The smallest absolute Gasteiger partial charge is 0.306 e. The maximum atomic E-state index is 13.0. The first-order chi connectivity index (χ1) is 17.6. The lowest BCUT2D eigenvalue weighted by atomic mass is 10.0. The summed E-state index contributed by atoms with van der Waals surface area (Å²) in [5, 5.41) is 9.10. The molecule has 0 saturated carbocycles. The molecule has 0 heterocycles. The van der Waals surface area contributed by atoms with Gasteiger partial charge in [-0.25, -0.2) is 0 Å². The number of nitrogens with two attached hydrogens (primary N) is 1. The normalized spacial score (nSPS) is 13.8. The summed E-state index contributed by atoms with van der Waals surface area (Å²) in [6.07, 6.45) is 0.834. The number of ether oxygens (including phenoxy) is 1. The standard InChI is InChI=1S/C26H40Cl2N4O5S/c1-15(2)12-20(31-23(34)19(29)8-9-22(33)37-26(3,4)5)25(36)32-21(14-38)24(35)30-11-10-16-6-7-17(27)13-18(16)28/h6-7,13,15,19-21,38H,8-12,14,29H2,1-5H3,(H,30,35)(H,31,34)(H,32,36)/t19-,20-,21-/m0/s1. The zero-order valence-electron chi connectivity index (χ0n) is 22.6. The number of hydrogen-bond donors (Lipinski definition) is 5. The Morgan fingerprint density at radius 3 is 2.21 bits per heavy atom. The number of carbonyl (C=O) groups excluding carboxylic acids is 4. The lowest BCUT2D eigenvalue weighted by Crippen LogP contribution is -2.56. The van der Waals surface area contributed by atoms with Crippen molar-refractivity contribution in [3.63, 3.8) is 0 Å². The number of rotatable bonds is 14. The minimum atomic E-state index is -1.01. The Morgan fingerprint density at radius 2 is 1.66 bits per heavy atom. The highest BCUT2D eigenvalue weighted by Gasteiger charge is 2.28. The molecule has 5 N–H and O–H groups in total. The summed E-state index contributed by atoms with van der Waals surface area (Å²) in [7, 11) is 0. The first-order valence-corrected chi connectivity index (χ1v) is 13.9. The number of carbonyl (C=O) groups is 4. The van der Waals surface area contributed by atoms with Gasteiger partial charge in [0, 0.05) is 28.8 Å². The molecule has 0 radical (unpaired) electrons. The van der Waals surface area contributed by atoms with Gasteiger partial charge >= 0.3 is 5.97 Å². The predicted molar refractivity (Wildman–Crippen MR) is 153 cm³/mol. The molecule has 1 aromatic carbocycles. The van der Waals surface area contributed by atoms with Crippen molar-refractivity contribution < 1.29 is 23.9 Å². The number of halogens is 2. The minimum absolute atomic E-state index is 0.0317. The number of benzene rings is 1. The van der Waals surface area contributed by atoms with Crippen molar-refractivity contribution in [2.75, 3.05) is 12.3 Å². The highest BCUT2D eigenvalue weighted by Crippen LogP contribution is 2.21. The van der Waals surface area contributed by atoms with Crippen LogP contribution in [0, 0.1) is 5.92 Å². The van der Waals surface area contributed by atoms with E-state index in [9.17, 15) is 19.2 Å². The van der Waals surface area contributed by atoms with Gasteiger partial charge in [-0.05, 0) is 63.6 Å². The minimum Gasteiger partial charge on any atom is -0.460 e. The average Bonchev–Trinajstić information content (AvgIpc) is 2.80. The highest BCUT2D eigenvalue weighted by molar-refractivity contribution is 7.80. The topological polar surface area (TPSA) is 140 Å². The van der Waals surface area contributed by atoms with Gasteiger partial charge in [-0.1, -0.05) is 43.1 Å². The molecule has 0 spiro atoms. The number of hydrogen-bond acceptors (Lipinski definition) is 7. The zero-order chi connectivity index (χ0) is 29.0. The third-order valence-electron chi connectivity index (χ3n) is 5.28. The Bertz CT molecular complexity index is 971. The summed E-state index contributed by atoms with van der Waals surface area (Å²) >= 11 is 16.3. The van der Waals surface area contributed by atoms with Crippen LogP contribution in [0.1, 0.15) is 59.4 Å². The molecule has 1 aromatic rings. The Balaban J connectivity index is 2.69. The SMILES string of the molecule is CC(C)C[C@H](NC(=O)[C@@H](N)CCC(=O)OC(C)(C)C)C(=O)N[C@@H](CS)C(=O)NCCc1ccc(Cl)cc1Cl. The third-order valence-corrected chi connectivity index (χ3v) is 6.23. The largest absolute Gasteiger partial charge is 0.460 e. The van der Waals surface area contributed by atoms with Gasteiger partial charge in [-0.3, -0.25) is 19.2 Å². The molecule has 38 heavy (non-hydrogen) atoms. The van der Waals surface area contributed by atoms with E-state index in [0.29, 0.717) is 29.4 Å². The quantitative estimate of drug-likeness (QED) is 0.167. The average molecular weight is 592 g/mol. The zero-order valence-corrected chi connectivity index (χ0v) is 25.0. The van der Waals surface area contributed by atoms with E-state index in [1.807, 2.05) is 13.8 Å². The summed E-state index contributed by atoms with van der Waals surface area (Å²) in [5.74, 6) is -1.85. The van der Waals surface area contributed by atoms with Gasteiger partial charge in [-0.15, -0.1) is 0 Å². The van der Waals surface area contributed by atoms with E-state index < -0.39 is 47.4 Å². The van der Waals surface area contributed by atoms with Crippen molar-refractivity contribution in [3.8, 4) is 0 Å². The van der Waals surface area contributed by atoms with E-state index in [0.717, 1.165) is 5.56 Å². The fraction of sp³-hybridized carbons (Fsp3) is 0.615. The van der Waals surface area contributed by atoms with Gasteiger partial charge in [0.2, 0.25) is 17.7 Å². The second-order valence-corrected chi connectivity index (χ2v) is 11.7. The molecule has 0 unspecified atom stereocenters. The number of nitrogens with one attached hydrogen (secondary N) is 3. The van der Waals surface area contributed by atoms with Gasteiger partial charge in [0.1, 0.15) is 17.7 Å². The van der Waals surface area contributed by atoms with Crippen molar-refractivity contribution in [1.82, 2.24) is 16.0 Å². The molecule has 0 bridgehead atoms. The molecule has 0 fully saturated rings. The lowest BCUT2D eigenvalue weighted by molar-refractivity contribution is -0.155. The van der Waals surface area contributed by atoms with Crippen LogP contribution in [0.4, 0.5) is 0 Å². The van der Waals surface area contributed by atoms with Crippen LogP contribution in [0.5, 0.6) is 0 Å². The molecule has 0 aliphatic rings. The van der Waals surface area contributed by atoms with E-state index in [1.54, 1.807) is 39.0 Å². The van der Waals surface area contributed by atoms with Crippen LogP contribution in [0.15, 0.2) is 18.2 Å². The van der Waals surface area contributed by atoms with Crippen molar-refractivity contribution in [2.24, 2.45) is 11.7 Å². The molecule has 0 aliphatic heterocycles. The Kier molecular flexibility index (Phi) is 14.5. The summed E-state index contributed by atoms with van der Waals surface area (Å²) < 4.78 is 5.23. The van der Waals surface area contributed by atoms with Gasteiger partial charge in [0.05, 0.1) is 6.04 Å². The van der Waals surface area contributed by atoms with Gasteiger partial charge in [0.15, 0.2) is 0 Å². The van der Waals surface area contributed by atoms with E-state index in [2.05, 4.69) is 28.6 Å². The van der Waals surface area contributed by atoms with E-state index in [1.165, 1.54) is 0 Å². The number of amides is 3. The van der Waals surface area contributed by atoms with Crippen LogP contribution in [0.2, 0.25) is 10.0 Å². The first-order valence-electron chi connectivity index (χ1n) is 12.5. The summed E-state index contributed by atoms with van der Waals surface area (Å²) in [6.45, 7) is 9.35. The summed E-state index contributed by atoms with van der Waals surface area (Å²) in [4.78, 5) is 50.3. The molecule has 9 nitrogen and oxygen atoms in total. The molecule has 0 aromatic heterocycles. The number of thiol groups is 1. The molecule has 3 amide bonds. The molecular formula is C26H40Cl2N4O5S. The predicted octanol–water partition coefficient (Wildman–Crippen LogP) is 3.05. The Morgan fingerprint density at radius 1 is 1.03 bits per heavy atom. The van der Waals surface area contributed by atoms with Crippen LogP contribution in [0.25, 0.3) is 0 Å². The van der Waals surface area contributed by atoms with Gasteiger partial charge in [-0.2, -0.15) is 12.6 Å². The monoisotopic (exact) mass is 590 g/mol. The number of esters is 1. The first kappa shape index (κ1) is 34.0. The maximum absolute atomic E-state index is 13.0. The molecule has 214 valence electrons. The molecule has 0 aliphatic carbocycles. The van der Waals surface area contributed by atoms with Gasteiger partial charge in [0.25, 0.3) is 0 Å². The van der Waals surface area contributed by atoms with Crippen LogP contribution in [-0.4, -0.2) is 59.7 Å².